The fourth-order valence-corrected chi connectivity index (χ4v) is 2.24. The molecule has 0 aliphatic carbocycles. The first kappa shape index (κ1) is 17.8. The van der Waals surface area contributed by atoms with Gasteiger partial charge in [0.15, 0.2) is 5.60 Å². The molecule has 0 aliphatic rings. The van der Waals surface area contributed by atoms with E-state index < -0.39 is 17.3 Å². The van der Waals surface area contributed by atoms with Crippen LogP contribution < -0.4 is 4.74 Å². The lowest BCUT2D eigenvalue weighted by atomic mass is 10.1. The second kappa shape index (κ2) is 6.40. The van der Waals surface area contributed by atoms with Crippen molar-refractivity contribution >= 4 is 0 Å². The van der Waals surface area contributed by atoms with Crippen LogP contribution in [0.25, 0.3) is 11.4 Å². The summed E-state index contributed by atoms with van der Waals surface area (Å²) in [5, 5.41) is 3.91. The summed E-state index contributed by atoms with van der Waals surface area (Å²) in [5.74, 6) is 0.736. The van der Waals surface area contributed by atoms with Crippen LogP contribution in [-0.2, 0) is 11.8 Å². The van der Waals surface area contributed by atoms with E-state index in [9.17, 15) is 13.2 Å². The van der Waals surface area contributed by atoms with Crippen LogP contribution in [0.15, 0.2) is 41.3 Å². The van der Waals surface area contributed by atoms with Crippen LogP contribution in [0, 0.1) is 6.92 Å². The van der Waals surface area contributed by atoms with Gasteiger partial charge in [0, 0.05) is 6.20 Å². The van der Waals surface area contributed by atoms with E-state index in [-0.39, 0.29) is 11.6 Å². The molecule has 0 N–H and O–H groups in total. The van der Waals surface area contributed by atoms with Gasteiger partial charge in [-0.2, -0.15) is 18.2 Å². The van der Waals surface area contributed by atoms with Crippen molar-refractivity contribution in [2.24, 2.45) is 0 Å². The molecule has 0 saturated carbocycles. The lowest BCUT2D eigenvalue weighted by Gasteiger charge is -2.22. The summed E-state index contributed by atoms with van der Waals surface area (Å²) in [5.41, 5.74) is -0.488. The molecule has 6 nitrogen and oxygen atoms in total. The lowest BCUT2D eigenvalue weighted by molar-refractivity contribution is -0.137. The summed E-state index contributed by atoms with van der Waals surface area (Å²) in [7, 11) is 0. The Bertz CT molecular complexity index is 905. The fraction of sp³-hybridized carbons (Fsp3) is 0.294. The Kier molecular flexibility index (Phi) is 4.39. The fourth-order valence-electron chi connectivity index (χ4n) is 2.24. The van der Waals surface area contributed by atoms with E-state index in [1.807, 2.05) is 0 Å². The molecule has 0 aliphatic heterocycles. The van der Waals surface area contributed by atoms with E-state index in [1.54, 1.807) is 27.0 Å². The largest absolute Gasteiger partial charge is 0.478 e. The molecule has 0 amide bonds. The molecule has 2 heterocycles. The zero-order valence-electron chi connectivity index (χ0n) is 14.2. The summed E-state index contributed by atoms with van der Waals surface area (Å²) in [6.07, 6.45) is -1.41. The number of alkyl halides is 3. The van der Waals surface area contributed by atoms with Gasteiger partial charge in [-0.15, -0.1) is 0 Å². The molecule has 0 spiro atoms. The average molecular weight is 364 g/mol. The first-order valence-corrected chi connectivity index (χ1v) is 7.64. The second-order valence-electron chi connectivity index (χ2n) is 6.08. The third-order valence-electron chi connectivity index (χ3n) is 3.65. The van der Waals surface area contributed by atoms with Crippen molar-refractivity contribution in [2.45, 2.75) is 32.5 Å². The van der Waals surface area contributed by atoms with Gasteiger partial charge in [-0.25, -0.2) is 9.97 Å². The van der Waals surface area contributed by atoms with Gasteiger partial charge in [0.2, 0.25) is 5.82 Å². The maximum Gasteiger partial charge on any atom is 0.416 e. The summed E-state index contributed by atoms with van der Waals surface area (Å²) in [6.45, 7) is 5.14. The van der Waals surface area contributed by atoms with Crippen molar-refractivity contribution in [2.75, 3.05) is 0 Å². The number of halogens is 3. The highest BCUT2D eigenvalue weighted by Gasteiger charge is 2.32. The maximum atomic E-state index is 12.6. The Morgan fingerprint density at radius 1 is 1.08 bits per heavy atom. The monoisotopic (exact) mass is 364 g/mol. The first-order chi connectivity index (χ1) is 12.2. The standard InChI is InChI=1S/C17H15F3N4O2/c1-10-13(8-21-9-22-10)14-23-15(26-24-14)16(2,3)25-12-6-4-11(5-7-12)17(18,19)20/h4-9H,1-3H3. The molecular weight excluding hydrogens is 349 g/mol. The molecule has 0 bridgehead atoms. The lowest BCUT2D eigenvalue weighted by Crippen LogP contribution is -2.25. The summed E-state index contributed by atoms with van der Waals surface area (Å²) < 4.78 is 48.9. The molecule has 1 aromatic carbocycles. The van der Waals surface area contributed by atoms with Gasteiger partial charge < -0.3 is 9.26 Å². The second-order valence-corrected chi connectivity index (χ2v) is 6.08. The van der Waals surface area contributed by atoms with E-state index in [0.717, 1.165) is 12.1 Å². The number of nitrogens with zero attached hydrogens (tertiary/aromatic N) is 4. The number of ether oxygens (including phenoxy) is 1. The van der Waals surface area contributed by atoms with E-state index in [0.29, 0.717) is 17.1 Å². The minimum Gasteiger partial charge on any atom is -0.478 e. The molecule has 0 fully saturated rings. The van der Waals surface area contributed by atoms with Gasteiger partial charge >= 0.3 is 6.18 Å². The van der Waals surface area contributed by atoms with Gasteiger partial charge in [-0.3, -0.25) is 0 Å². The SMILES string of the molecule is Cc1ncncc1-c1noc(C(C)(C)Oc2ccc(C(F)(F)F)cc2)n1. The van der Waals surface area contributed by atoms with Crippen LogP contribution >= 0.6 is 0 Å². The van der Waals surface area contributed by atoms with E-state index in [4.69, 9.17) is 9.26 Å². The smallest absolute Gasteiger partial charge is 0.416 e. The van der Waals surface area contributed by atoms with Crippen LogP contribution in [0.2, 0.25) is 0 Å². The van der Waals surface area contributed by atoms with Gasteiger partial charge in [-0.1, -0.05) is 5.16 Å². The topological polar surface area (TPSA) is 73.9 Å². The van der Waals surface area contributed by atoms with Crippen molar-refractivity contribution in [1.82, 2.24) is 20.1 Å². The Morgan fingerprint density at radius 2 is 1.77 bits per heavy atom. The molecule has 3 rings (SSSR count). The highest BCUT2D eigenvalue weighted by Crippen LogP contribution is 2.33. The van der Waals surface area contributed by atoms with E-state index >= 15 is 0 Å². The highest BCUT2D eigenvalue weighted by atomic mass is 19.4. The third kappa shape index (κ3) is 3.66. The quantitative estimate of drug-likeness (QED) is 0.692. The van der Waals surface area contributed by atoms with Crippen LogP contribution in [0.3, 0.4) is 0 Å². The van der Waals surface area contributed by atoms with Crippen molar-refractivity contribution < 1.29 is 22.4 Å². The van der Waals surface area contributed by atoms with Crippen LogP contribution in [-0.4, -0.2) is 20.1 Å². The van der Waals surface area contributed by atoms with Gasteiger partial charge in [0.25, 0.3) is 5.89 Å². The van der Waals surface area contributed by atoms with E-state index in [2.05, 4.69) is 20.1 Å². The van der Waals surface area contributed by atoms with Crippen molar-refractivity contribution in [3.63, 3.8) is 0 Å². The summed E-state index contributed by atoms with van der Waals surface area (Å²) >= 11 is 0. The first-order valence-electron chi connectivity index (χ1n) is 7.64. The predicted octanol–water partition coefficient (Wildman–Crippen LogP) is 4.17. The number of hydrogen-bond donors (Lipinski definition) is 0. The normalized spacial score (nSPS) is 12.2. The number of rotatable bonds is 4. The van der Waals surface area contributed by atoms with Gasteiger partial charge in [0.05, 0.1) is 16.8 Å². The molecule has 9 heteroatoms. The van der Waals surface area contributed by atoms with Crippen LogP contribution in [0.4, 0.5) is 13.2 Å². The molecular formula is C17H15F3N4O2. The zero-order chi connectivity index (χ0) is 18.9. The average Bonchev–Trinajstić information content (AvgIpc) is 3.05. The minimum absolute atomic E-state index is 0.177. The maximum absolute atomic E-state index is 12.6. The minimum atomic E-state index is -4.40. The summed E-state index contributed by atoms with van der Waals surface area (Å²) in [6, 6.07) is 4.40. The Hall–Kier alpha value is -2.97. The van der Waals surface area contributed by atoms with Crippen LogP contribution in [0.1, 0.15) is 31.0 Å². The summed E-state index contributed by atoms with van der Waals surface area (Å²) in [4.78, 5) is 12.3. The van der Waals surface area contributed by atoms with E-state index in [1.165, 1.54) is 18.5 Å². The third-order valence-corrected chi connectivity index (χ3v) is 3.65. The molecule has 0 unspecified atom stereocenters. The Morgan fingerprint density at radius 3 is 2.38 bits per heavy atom. The van der Waals surface area contributed by atoms with Gasteiger partial charge in [-0.05, 0) is 45.0 Å². The molecule has 0 radical (unpaired) electrons. The Labute approximate surface area is 147 Å². The van der Waals surface area contributed by atoms with Crippen molar-refractivity contribution in [3.05, 3.63) is 53.9 Å². The molecule has 26 heavy (non-hydrogen) atoms. The highest BCUT2D eigenvalue weighted by molar-refractivity contribution is 5.55. The number of hydrogen-bond acceptors (Lipinski definition) is 6. The Balaban J connectivity index is 1.82. The number of aromatic nitrogens is 4. The van der Waals surface area contributed by atoms with Crippen molar-refractivity contribution in [1.29, 1.82) is 0 Å². The predicted molar refractivity (Wildman–Crippen MR) is 85.2 cm³/mol. The molecule has 136 valence electrons. The van der Waals surface area contributed by atoms with Gasteiger partial charge in [0.1, 0.15) is 12.1 Å². The zero-order valence-corrected chi connectivity index (χ0v) is 14.2. The molecule has 0 saturated heterocycles. The molecule has 3 aromatic rings. The molecule has 2 aromatic heterocycles. The van der Waals surface area contributed by atoms with Crippen LogP contribution in [0.5, 0.6) is 5.75 Å². The molecule has 0 atom stereocenters. The number of benzene rings is 1. The van der Waals surface area contributed by atoms with Crippen molar-refractivity contribution in [3.8, 4) is 17.1 Å². The number of aryl methyl sites for hydroxylation is 1.